The molecule has 2 aromatic carbocycles. The second-order valence-corrected chi connectivity index (χ2v) is 5.93. The number of piperazine rings is 1. The molecule has 0 radical (unpaired) electrons. The lowest BCUT2D eigenvalue weighted by molar-refractivity contribution is 0.208. The van der Waals surface area contributed by atoms with E-state index in [1.165, 1.54) is 5.56 Å². The third-order valence-electron chi connectivity index (χ3n) is 4.23. The molecule has 2 aromatic rings. The predicted octanol–water partition coefficient (Wildman–Crippen LogP) is 3.22. The molecule has 0 saturated carbocycles. The van der Waals surface area contributed by atoms with Gasteiger partial charge in [-0.1, -0.05) is 17.7 Å². The van der Waals surface area contributed by atoms with Crippen molar-refractivity contribution in [3.05, 3.63) is 59.7 Å². The molecule has 1 aliphatic heterocycles. The average Bonchev–Trinajstić information content (AvgIpc) is 2.64. The number of urea groups is 1. The van der Waals surface area contributed by atoms with Gasteiger partial charge in [-0.15, -0.1) is 0 Å². The fourth-order valence-electron chi connectivity index (χ4n) is 2.75. The van der Waals surface area contributed by atoms with Gasteiger partial charge in [0, 0.05) is 37.6 Å². The van der Waals surface area contributed by atoms with Gasteiger partial charge in [0.2, 0.25) is 0 Å². The quantitative estimate of drug-likeness (QED) is 0.924. The minimum absolute atomic E-state index is 0.0571. The number of carbonyl (C=O) groups excluding carboxylic acids is 1. The van der Waals surface area contributed by atoms with Crippen LogP contribution in [0.5, 0.6) is 0 Å². The van der Waals surface area contributed by atoms with E-state index in [-0.39, 0.29) is 6.03 Å². The van der Waals surface area contributed by atoms with Crippen molar-refractivity contribution in [1.29, 1.82) is 5.26 Å². The van der Waals surface area contributed by atoms with E-state index in [0.717, 1.165) is 24.5 Å². The normalized spacial score (nSPS) is 14.2. The Balaban J connectivity index is 1.55. The number of anilines is 2. The summed E-state index contributed by atoms with van der Waals surface area (Å²) in [5.41, 5.74) is 3.74. The maximum Gasteiger partial charge on any atom is 0.321 e. The lowest BCUT2D eigenvalue weighted by atomic mass is 10.2. The predicted molar refractivity (Wildman–Crippen MR) is 95.1 cm³/mol. The van der Waals surface area contributed by atoms with Crippen LogP contribution in [-0.2, 0) is 0 Å². The van der Waals surface area contributed by atoms with Gasteiger partial charge in [-0.2, -0.15) is 5.26 Å². The topological polar surface area (TPSA) is 59.4 Å². The Morgan fingerprint density at radius 2 is 1.62 bits per heavy atom. The third kappa shape index (κ3) is 3.66. The van der Waals surface area contributed by atoms with Crippen molar-refractivity contribution < 1.29 is 4.79 Å². The number of nitrogens with zero attached hydrogens (tertiary/aromatic N) is 3. The Labute approximate surface area is 142 Å². The molecule has 1 aliphatic rings. The van der Waals surface area contributed by atoms with Crippen LogP contribution in [0.25, 0.3) is 0 Å². The van der Waals surface area contributed by atoms with Gasteiger partial charge in [0.1, 0.15) is 0 Å². The molecule has 0 spiro atoms. The zero-order valence-corrected chi connectivity index (χ0v) is 13.7. The maximum absolute atomic E-state index is 12.3. The molecule has 0 aromatic heterocycles. The van der Waals surface area contributed by atoms with Gasteiger partial charge in [0.05, 0.1) is 11.6 Å². The molecule has 122 valence electrons. The summed E-state index contributed by atoms with van der Waals surface area (Å²) in [5.74, 6) is 0. The van der Waals surface area contributed by atoms with Crippen LogP contribution in [-0.4, -0.2) is 37.1 Å². The summed E-state index contributed by atoms with van der Waals surface area (Å²) in [6.45, 7) is 4.95. The highest BCUT2D eigenvalue weighted by Gasteiger charge is 2.21. The number of hydrogen-bond acceptors (Lipinski definition) is 3. The van der Waals surface area contributed by atoms with Crippen molar-refractivity contribution in [2.75, 3.05) is 36.4 Å². The zero-order chi connectivity index (χ0) is 16.9. The average molecular weight is 320 g/mol. The van der Waals surface area contributed by atoms with Crippen LogP contribution >= 0.6 is 0 Å². The molecule has 5 heteroatoms. The lowest BCUT2D eigenvalue weighted by Gasteiger charge is -2.36. The molecule has 2 amide bonds. The molecule has 3 rings (SSSR count). The number of carbonyl (C=O) groups is 1. The highest BCUT2D eigenvalue weighted by atomic mass is 16.2. The van der Waals surface area contributed by atoms with Gasteiger partial charge in [0.15, 0.2) is 0 Å². The minimum Gasteiger partial charge on any atom is -0.368 e. The smallest absolute Gasteiger partial charge is 0.321 e. The van der Waals surface area contributed by atoms with E-state index >= 15 is 0 Å². The fourth-order valence-corrected chi connectivity index (χ4v) is 2.75. The van der Waals surface area contributed by atoms with E-state index in [4.69, 9.17) is 5.26 Å². The molecule has 0 unspecified atom stereocenters. The van der Waals surface area contributed by atoms with Crippen molar-refractivity contribution in [1.82, 2.24) is 4.90 Å². The number of aryl methyl sites for hydroxylation is 1. The van der Waals surface area contributed by atoms with E-state index in [9.17, 15) is 4.79 Å². The standard InChI is InChI=1S/C19H20N4O/c1-15-2-6-17(7-3-15)21-19(24)23-12-10-22(11-13-23)18-8-4-16(14-20)5-9-18/h2-9H,10-13H2,1H3,(H,21,24). The van der Waals surface area contributed by atoms with Gasteiger partial charge < -0.3 is 15.1 Å². The van der Waals surface area contributed by atoms with E-state index in [0.29, 0.717) is 18.7 Å². The molecule has 0 aliphatic carbocycles. The maximum atomic E-state index is 12.3. The van der Waals surface area contributed by atoms with Crippen molar-refractivity contribution in [2.24, 2.45) is 0 Å². The van der Waals surface area contributed by atoms with Crippen molar-refractivity contribution in [2.45, 2.75) is 6.92 Å². The first kappa shape index (κ1) is 15.9. The van der Waals surface area contributed by atoms with E-state index in [1.807, 2.05) is 60.4 Å². The second-order valence-electron chi connectivity index (χ2n) is 5.93. The summed E-state index contributed by atoms with van der Waals surface area (Å²) in [7, 11) is 0. The number of amides is 2. The molecular weight excluding hydrogens is 300 g/mol. The van der Waals surface area contributed by atoms with Crippen molar-refractivity contribution in [3.8, 4) is 6.07 Å². The Kier molecular flexibility index (Phi) is 4.66. The monoisotopic (exact) mass is 320 g/mol. The number of hydrogen-bond donors (Lipinski definition) is 1. The van der Waals surface area contributed by atoms with Crippen LogP contribution in [0.2, 0.25) is 0 Å². The fraction of sp³-hybridized carbons (Fsp3) is 0.263. The highest BCUT2D eigenvalue weighted by molar-refractivity contribution is 5.89. The van der Waals surface area contributed by atoms with Gasteiger partial charge in [-0.3, -0.25) is 0 Å². The molecule has 1 heterocycles. The van der Waals surface area contributed by atoms with E-state index in [2.05, 4.69) is 16.3 Å². The van der Waals surface area contributed by atoms with Gasteiger partial charge in [-0.25, -0.2) is 4.79 Å². The number of rotatable bonds is 2. The Hall–Kier alpha value is -3.00. The summed E-state index contributed by atoms with van der Waals surface area (Å²) >= 11 is 0. The lowest BCUT2D eigenvalue weighted by Crippen LogP contribution is -2.50. The molecular formula is C19H20N4O. The largest absolute Gasteiger partial charge is 0.368 e. The summed E-state index contributed by atoms with van der Waals surface area (Å²) < 4.78 is 0. The van der Waals surface area contributed by atoms with Crippen LogP contribution < -0.4 is 10.2 Å². The zero-order valence-electron chi connectivity index (χ0n) is 13.7. The van der Waals surface area contributed by atoms with Crippen molar-refractivity contribution >= 4 is 17.4 Å². The van der Waals surface area contributed by atoms with Crippen LogP contribution in [0.3, 0.4) is 0 Å². The third-order valence-corrected chi connectivity index (χ3v) is 4.23. The van der Waals surface area contributed by atoms with E-state index < -0.39 is 0 Å². The summed E-state index contributed by atoms with van der Waals surface area (Å²) in [6.07, 6.45) is 0. The summed E-state index contributed by atoms with van der Waals surface area (Å²) in [4.78, 5) is 16.4. The second kappa shape index (κ2) is 7.05. The van der Waals surface area contributed by atoms with Crippen molar-refractivity contribution in [3.63, 3.8) is 0 Å². The summed E-state index contributed by atoms with van der Waals surface area (Å²) in [6, 6.07) is 17.4. The Morgan fingerprint density at radius 1 is 1.00 bits per heavy atom. The SMILES string of the molecule is Cc1ccc(NC(=O)N2CCN(c3ccc(C#N)cc3)CC2)cc1. The first-order valence-electron chi connectivity index (χ1n) is 8.03. The Bertz CT molecular complexity index is 738. The minimum atomic E-state index is -0.0571. The van der Waals surface area contributed by atoms with Crippen LogP contribution in [0.4, 0.5) is 16.2 Å². The molecule has 0 bridgehead atoms. The van der Waals surface area contributed by atoms with Crippen LogP contribution in [0.1, 0.15) is 11.1 Å². The molecule has 5 nitrogen and oxygen atoms in total. The molecule has 1 saturated heterocycles. The molecule has 0 atom stereocenters. The number of benzene rings is 2. The molecule has 1 fully saturated rings. The van der Waals surface area contributed by atoms with Crippen LogP contribution in [0.15, 0.2) is 48.5 Å². The number of nitrogens with one attached hydrogen (secondary N) is 1. The Morgan fingerprint density at radius 3 is 2.21 bits per heavy atom. The van der Waals surface area contributed by atoms with Gasteiger partial charge >= 0.3 is 6.03 Å². The summed E-state index contributed by atoms with van der Waals surface area (Å²) in [5, 5.41) is 11.8. The first-order valence-corrected chi connectivity index (χ1v) is 8.03. The van der Waals surface area contributed by atoms with E-state index in [1.54, 1.807) is 0 Å². The highest BCUT2D eigenvalue weighted by Crippen LogP contribution is 2.18. The van der Waals surface area contributed by atoms with Gasteiger partial charge in [0.25, 0.3) is 0 Å². The number of nitriles is 1. The van der Waals surface area contributed by atoms with Gasteiger partial charge in [-0.05, 0) is 43.3 Å². The molecule has 1 N–H and O–H groups in total. The first-order chi connectivity index (χ1) is 11.7. The molecule has 24 heavy (non-hydrogen) atoms. The van der Waals surface area contributed by atoms with Crippen LogP contribution in [0, 0.1) is 18.3 Å².